The van der Waals surface area contributed by atoms with Crippen molar-refractivity contribution in [1.29, 1.82) is 0 Å². The average molecular weight is 533 g/mol. The van der Waals surface area contributed by atoms with Gasteiger partial charge >= 0.3 is 17.9 Å². The molecule has 0 aromatic heterocycles. The van der Waals surface area contributed by atoms with Crippen LogP contribution in [0.5, 0.6) is 0 Å². The zero-order chi connectivity index (χ0) is 29.4. The molecule has 0 aliphatic rings. The number of carboxylic acid groups (broad SMARTS) is 2. The van der Waals surface area contributed by atoms with Gasteiger partial charge in [0, 0.05) is 0 Å². The third-order valence-corrected chi connectivity index (χ3v) is 5.74. The molecule has 0 radical (unpaired) electrons. The van der Waals surface area contributed by atoms with E-state index < -0.39 is 36.4 Å². The highest BCUT2D eigenvalue weighted by Gasteiger charge is 2.31. The van der Waals surface area contributed by atoms with E-state index >= 15 is 0 Å². The van der Waals surface area contributed by atoms with E-state index in [-0.39, 0.29) is 6.42 Å². The van der Waals surface area contributed by atoms with Crippen LogP contribution in [-0.4, -0.2) is 64.9 Å². The van der Waals surface area contributed by atoms with E-state index in [2.05, 4.69) is 79.0 Å². The van der Waals surface area contributed by atoms with E-state index in [0.29, 0.717) is 17.6 Å². The molecule has 39 heavy (non-hydrogen) atoms. The summed E-state index contributed by atoms with van der Waals surface area (Å²) in [5.74, 6) is 22.1. The molecule has 206 valence electrons. The van der Waals surface area contributed by atoms with E-state index in [1.54, 1.807) is 6.92 Å². The first kappa shape index (κ1) is 34.7. The molecule has 0 aliphatic heterocycles. The highest BCUT2D eigenvalue weighted by atomic mass is 16.5. The largest absolute Gasteiger partial charge is 0.481 e. The second-order valence-corrected chi connectivity index (χ2v) is 9.06. The van der Waals surface area contributed by atoms with Crippen LogP contribution in [0.25, 0.3) is 0 Å². The SMILES string of the molecule is C#CC#CC#CC#CC#CC#CC(CC(=O)OC(C)C[N+](CCCCC)(CCCCC)CCC(=O)O)C(=O)O. The van der Waals surface area contributed by atoms with Crippen LogP contribution >= 0.6 is 0 Å². The lowest BCUT2D eigenvalue weighted by molar-refractivity contribution is -0.930. The molecule has 0 aromatic rings. The first-order chi connectivity index (χ1) is 18.7. The molecular formula is C32H38NO6+. The molecule has 0 heterocycles. The third kappa shape index (κ3) is 18.6. The maximum atomic E-state index is 12.6. The molecule has 0 saturated carbocycles. The summed E-state index contributed by atoms with van der Waals surface area (Å²) in [6.07, 6.45) is 10.1. The molecule has 0 rings (SSSR count). The Labute approximate surface area is 233 Å². The summed E-state index contributed by atoms with van der Waals surface area (Å²) in [5.41, 5.74) is 0. The first-order valence-corrected chi connectivity index (χ1v) is 13.1. The van der Waals surface area contributed by atoms with Crippen LogP contribution in [0.1, 0.15) is 72.1 Å². The summed E-state index contributed by atoms with van der Waals surface area (Å²) in [6, 6.07) is 0. The lowest BCUT2D eigenvalue weighted by Crippen LogP contribution is -2.54. The van der Waals surface area contributed by atoms with Gasteiger partial charge in [0.2, 0.25) is 0 Å². The lowest BCUT2D eigenvalue weighted by atomic mass is 10.1. The molecule has 2 atom stereocenters. The van der Waals surface area contributed by atoms with Crippen molar-refractivity contribution in [2.75, 3.05) is 26.2 Å². The Morgan fingerprint density at radius 1 is 0.795 bits per heavy atom. The van der Waals surface area contributed by atoms with Gasteiger partial charge in [-0.15, -0.1) is 6.42 Å². The summed E-state index contributed by atoms with van der Waals surface area (Å²) in [4.78, 5) is 35.5. The molecule has 2 unspecified atom stereocenters. The van der Waals surface area contributed by atoms with Gasteiger partial charge in [-0.3, -0.25) is 14.4 Å². The van der Waals surface area contributed by atoms with Crippen molar-refractivity contribution in [3.63, 3.8) is 0 Å². The van der Waals surface area contributed by atoms with Gasteiger partial charge in [0.15, 0.2) is 0 Å². The number of carbonyl (C=O) groups is 3. The van der Waals surface area contributed by atoms with Crippen molar-refractivity contribution >= 4 is 17.9 Å². The molecule has 0 fully saturated rings. The fraction of sp³-hybridized carbons (Fsp3) is 0.531. The third-order valence-electron chi connectivity index (χ3n) is 5.74. The van der Waals surface area contributed by atoms with E-state index in [1.165, 1.54) is 0 Å². The van der Waals surface area contributed by atoms with Crippen LogP contribution in [0.15, 0.2) is 0 Å². The number of aliphatic carboxylic acids is 2. The number of rotatable bonds is 17. The topological polar surface area (TPSA) is 101 Å². The van der Waals surface area contributed by atoms with Crippen molar-refractivity contribution in [1.82, 2.24) is 0 Å². The Kier molecular flexibility index (Phi) is 19.4. The zero-order valence-electron chi connectivity index (χ0n) is 23.2. The summed E-state index contributed by atoms with van der Waals surface area (Å²) in [6.45, 7) is 8.53. The van der Waals surface area contributed by atoms with Crippen LogP contribution in [0, 0.1) is 77.5 Å². The van der Waals surface area contributed by atoms with Crippen molar-refractivity contribution < 1.29 is 33.8 Å². The molecular weight excluding hydrogens is 494 g/mol. The monoisotopic (exact) mass is 532 g/mol. The maximum absolute atomic E-state index is 12.6. The number of nitrogens with zero attached hydrogens (tertiary/aromatic N) is 1. The summed E-state index contributed by atoms with van der Waals surface area (Å²) >= 11 is 0. The molecule has 0 aromatic carbocycles. The number of hydrogen-bond acceptors (Lipinski definition) is 4. The molecule has 0 amide bonds. The van der Waals surface area contributed by atoms with Gasteiger partial charge in [0.1, 0.15) is 18.6 Å². The molecule has 7 nitrogen and oxygen atoms in total. The Morgan fingerprint density at radius 3 is 1.77 bits per heavy atom. The van der Waals surface area contributed by atoms with Crippen molar-refractivity contribution in [3.05, 3.63) is 0 Å². The normalized spacial score (nSPS) is 10.9. The van der Waals surface area contributed by atoms with Crippen LogP contribution in [0.4, 0.5) is 0 Å². The van der Waals surface area contributed by atoms with Gasteiger partial charge in [-0.2, -0.15) is 0 Å². The van der Waals surface area contributed by atoms with E-state index in [0.717, 1.165) is 51.6 Å². The fourth-order valence-electron chi connectivity index (χ4n) is 3.94. The fourth-order valence-corrected chi connectivity index (χ4v) is 3.94. The molecule has 2 N–H and O–H groups in total. The van der Waals surface area contributed by atoms with Crippen LogP contribution in [-0.2, 0) is 19.1 Å². The lowest BCUT2D eigenvalue weighted by Gasteiger charge is -2.40. The van der Waals surface area contributed by atoms with Gasteiger partial charge in [0.05, 0.1) is 32.5 Å². The molecule has 0 spiro atoms. The number of ether oxygens (including phenoxy) is 1. The Morgan fingerprint density at radius 2 is 1.31 bits per heavy atom. The first-order valence-electron chi connectivity index (χ1n) is 13.1. The highest BCUT2D eigenvalue weighted by molar-refractivity contribution is 5.81. The Balaban J connectivity index is 5.36. The van der Waals surface area contributed by atoms with E-state index in [9.17, 15) is 24.6 Å². The number of terminal acetylenes is 1. The number of quaternary nitrogens is 1. The quantitative estimate of drug-likeness (QED) is 0.129. The molecule has 7 heteroatoms. The van der Waals surface area contributed by atoms with Gasteiger partial charge in [-0.25, -0.2) is 0 Å². The number of carboxylic acids is 2. The maximum Gasteiger partial charge on any atom is 0.319 e. The summed E-state index contributed by atoms with van der Waals surface area (Å²) in [7, 11) is 0. The zero-order valence-corrected chi connectivity index (χ0v) is 23.2. The van der Waals surface area contributed by atoms with Crippen molar-refractivity contribution in [2.24, 2.45) is 5.92 Å². The number of unbranched alkanes of at least 4 members (excludes halogenated alkanes) is 4. The van der Waals surface area contributed by atoms with Crippen LogP contribution in [0.2, 0.25) is 0 Å². The highest BCUT2D eigenvalue weighted by Crippen LogP contribution is 2.18. The minimum absolute atomic E-state index is 0.0352. The number of carbonyl (C=O) groups excluding carboxylic acids is 1. The van der Waals surface area contributed by atoms with Crippen molar-refractivity contribution in [2.45, 2.75) is 78.2 Å². The summed E-state index contributed by atoms with van der Waals surface area (Å²) < 4.78 is 6.13. The van der Waals surface area contributed by atoms with Crippen LogP contribution < -0.4 is 0 Å². The van der Waals surface area contributed by atoms with E-state index in [1.807, 2.05) is 0 Å². The molecule has 0 saturated heterocycles. The second-order valence-electron chi connectivity index (χ2n) is 9.06. The Bertz CT molecular complexity index is 1160. The smallest absolute Gasteiger partial charge is 0.319 e. The molecule has 0 aliphatic carbocycles. The average Bonchev–Trinajstić information content (AvgIpc) is 2.88. The minimum Gasteiger partial charge on any atom is -0.481 e. The van der Waals surface area contributed by atoms with Crippen molar-refractivity contribution in [3.8, 4) is 71.5 Å². The van der Waals surface area contributed by atoms with Gasteiger partial charge in [-0.1, -0.05) is 32.6 Å². The Hall–Kier alpha value is -4.27. The number of hydrogen-bond donors (Lipinski definition) is 2. The van der Waals surface area contributed by atoms with Gasteiger partial charge in [0.25, 0.3) is 0 Å². The second kappa shape index (κ2) is 21.8. The summed E-state index contributed by atoms with van der Waals surface area (Å²) in [5, 5.41) is 18.8. The van der Waals surface area contributed by atoms with E-state index in [4.69, 9.17) is 11.2 Å². The predicted molar refractivity (Wildman–Crippen MR) is 150 cm³/mol. The van der Waals surface area contributed by atoms with Gasteiger partial charge in [-0.05, 0) is 91.8 Å². The number of esters is 1. The standard InChI is InChI=1S/C32H37NO6/c1-5-8-11-12-13-14-15-16-17-18-21-29(32(37)38)26-31(36)39-28(4)27-33(23-19-9-6-2,24-20-10-7-3)25-22-30(34)35/h1,28-29H,6-7,9-10,19-20,22-27H2,2-4H3,(H-,34,35,37,38)/p+1. The van der Waals surface area contributed by atoms with Gasteiger partial charge < -0.3 is 19.4 Å². The molecule has 0 bridgehead atoms. The minimum atomic E-state index is -1.29. The van der Waals surface area contributed by atoms with Crippen LogP contribution in [0.3, 0.4) is 0 Å². The predicted octanol–water partition coefficient (Wildman–Crippen LogP) is 3.33.